The lowest BCUT2D eigenvalue weighted by Crippen LogP contribution is -2.23. The molecule has 0 bridgehead atoms. The fraction of sp³-hybridized carbons (Fsp3) is 0.192. The second-order valence-corrected chi connectivity index (χ2v) is 11.7. The van der Waals surface area contributed by atoms with Crippen LogP contribution in [0.1, 0.15) is 33.4 Å². The molecule has 3 heterocycles. The highest BCUT2D eigenvalue weighted by molar-refractivity contribution is 7.91. The van der Waals surface area contributed by atoms with Gasteiger partial charge in [-0.3, -0.25) is 4.79 Å². The van der Waals surface area contributed by atoms with Gasteiger partial charge in [0.25, 0.3) is 5.91 Å². The van der Waals surface area contributed by atoms with Crippen molar-refractivity contribution in [3.05, 3.63) is 75.9 Å². The first-order chi connectivity index (χ1) is 16.8. The number of aromatic amines is 1. The summed E-state index contributed by atoms with van der Waals surface area (Å²) in [5, 5.41) is 7.49. The number of nitrogens with zero attached hydrogens (tertiary/aromatic N) is 2. The molecular weight excluding hydrogens is 480 g/mol. The monoisotopic (exact) mass is 504 g/mol. The highest BCUT2D eigenvalue weighted by Gasteiger charge is 2.21. The van der Waals surface area contributed by atoms with E-state index in [2.05, 4.69) is 26.3 Å². The molecule has 0 radical (unpaired) electrons. The van der Waals surface area contributed by atoms with E-state index < -0.39 is 9.84 Å². The number of nitrogens with one attached hydrogen (secondary N) is 2. The average molecular weight is 505 g/mol. The van der Waals surface area contributed by atoms with Crippen molar-refractivity contribution in [1.29, 1.82) is 0 Å². The van der Waals surface area contributed by atoms with Crippen LogP contribution in [-0.4, -0.2) is 35.0 Å². The van der Waals surface area contributed by atoms with Crippen LogP contribution in [0.2, 0.25) is 0 Å². The summed E-state index contributed by atoms with van der Waals surface area (Å²) in [6.07, 6.45) is 3.50. The molecule has 7 nitrogen and oxygen atoms in total. The van der Waals surface area contributed by atoms with Crippen LogP contribution in [0, 0.1) is 13.8 Å². The molecule has 9 heteroatoms. The van der Waals surface area contributed by atoms with Crippen molar-refractivity contribution in [1.82, 2.24) is 20.3 Å². The van der Waals surface area contributed by atoms with Gasteiger partial charge in [0.15, 0.2) is 9.84 Å². The molecule has 0 unspecified atom stereocenters. The summed E-state index contributed by atoms with van der Waals surface area (Å²) in [4.78, 5) is 25.7. The lowest BCUT2D eigenvalue weighted by Gasteiger charge is -2.13. The van der Waals surface area contributed by atoms with E-state index in [4.69, 9.17) is 0 Å². The first-order valence-corrected chi connectivity index (χ1v) is 13.7. The Morgan fingerprint density at radius 2 is 1.97 bits per heavy atom. The van der Waals surface area contributed by atoms with Gasteiger partial charge in [-0.15, -0.1) is 11.3 Å². The van der Waals surface area contributed by atoms with Crippen molar-refractivity contribution in [2.75, 3.05) is 5.75 Å². The van der Waals surface area contributed by atoms with Crippen molar-refractivity contribution in [2.45, 2.75) is 32.2 Å². The minimum absolute atomic E-state index is 0.0143. The average Bonchev–Trinajstić information content (AvgIpc) is 3.51. The lowest BCUT2D eigenvalue weighted by molar-refractivity contribution is 0.0950. The summed E-state index contributed by atoms with van der Waals surface area (Å²) in [6, 6.07) is 10.8. The van der Waals surface area contributed by atoms with Crippen LogP contribution in [0.5, 0.6) is 0 Å². The predicted octanol–water partition coefficient (Wildman–Crippen LogP) is 5.18. The largest absolute Gasteiger partial charge is 0.346 e. The van der Waals surface area contributed by atoms with Crippen molar-refractivity contribution >= 4 is 49.0 Å². The second kappa shape index (κ2) is 8.90. The van der Waals surface area contributed by atoms with Crippen LogP contribution in [0.3, 0.4) is 0 Å². The number of hydrogen-bond donors (Lipinski definition) is 2. The van der Waals surface area contributed by atoms with Crippen LogP contribution >= 0.6 is 11.3 Å². The van der Waals surface area contributed by atoms with E-state index in [1.807, 2.05) is 31.4 Å². The van der Waals surface area contributed by atoms with E-state index in [1.165, 1.54) is 11.3 Å². The van der Waals surface area contributed by atoms with E-state index in [0.29, 0.717) is 17.8 Å². The van der Waals surface area contributed by atoms with Gasteiger partial charge < -0.3 is 10.3 Å². The third kappa shape index (κ3) is 4.21. The summed E-state index contributed by atoms with van der Waals surface area (Å²) in [5.41, 5.74) is 5.34. The van der Waals surface area contributed by atoms with Crippen LogP contribution in [-0.2, 0) is 16.4 Å². The number of aromatic nitrogens is 3. The number of fused-ring (bicyclic) bond motifs is 3. The smallest absolute Gasteiger partial charge is 0.251 e. The van der Waals surface area contributed by atoms with Gasteiger partial charge in [0.2, 0.25) is 0 Å². The molecule has 0 fully saturated rings. The number of sulfone groups is 1. The summed E-state index contributed by atoms with van der Waals surface area (Å²) >= 11 is 1.48. The topological polar surface area (TPSA) is 105 Å². The number of H-pyrrole nitrogens is 1. The molecular formula is C26H24N4O3S2. The van der Waals surface area contributed by atoms with Gasteiger partial charge in [0.1, 0.15) is 10.7 Å². The van der Waals surface area contributed by atoms with Gasteiger partial charge in [0.05, 0.1) is 22.7 Å². The molecule has 5 aromatic rings. The molecule has 0 saturated carbocycles. The number of amides is 1. The third-order valence-electron chi connectivity index (χ3n) is 6.14. The number of pyridine rings is 1. The van der Waals surface area contributed by atoms with Crippen molar-refractivity contribution in [2.24, 2.45) is 0 Å². The highest BCUT2D eigenvalue weighted by atomic mass is 32.2. The Morgan fingerprint density at radius 3 is 2.71 bits per heavy atom. The van der Waals surface area contributed by atoms with E-state index in [-0.39, 0.29) is 16.6 Å². The van der Waals surface area contributed by atoms with Gasteiger partial charge in [-0.1, -0.05) is 19.1 Å². The van der Waals surface area contributed by atoms with Gasteiger partial charge >= 0.3 is 0 Å². The molecule has 5 rings (SSSR count). The second-order valence-electron chi connectivity index (χ2n) is 8.42. The van der Waals surface area contributed by atoms with E-state index in [0.717, 1.165) is 43.6 Å². The van der Waals surface area contributed by atoms with Crippen molar-refractivity contribution < 1.29 is 13.2 Å². The molecule has 2 aromatic carbocycles. The minimum atomic E-state index is -3.39. The maximum atomic E-state index is 13.3. The maximum absolute atomic E-state index is 13.3. The molecule has 0 aliphatic carbocycles. The molecule has 0 aliphatic heterocycles. The molecule has 3 aromatic heterocycles. The fourth-order valence-electron chi connectivity index (χ4n) is 4.27. The van der Waals surface area contributed by atoms with Crippen LogP contribution in [0.4, 0.5) is 0 Å². The SMILES string of the molecule is CCS(=O)(=O)c1cccc(-c2cc(C(=O)NCc3nccs3)c(C)c3[nH]c4ncc(C)cc4c23)c1. The Balaban J connectivity index is 1.74. The van der Waals surface area contributed by atoms with E-state index in [9.17, 15) is 13.2 Å². The number of carbonyl (C=O) groups excluding carboxylic acids is 1. The number of thiazole rings is 1. The Kier molecular flexibility index (Phi) is 5.90. The number of hydrogen-bond acceptors (Lipinski definition) is 6. The fourth-order valence-corrected chi connectivity index (χ4v) is 5.76. The molecule has 35 heavy (non-hydrogen) atoms. The molecule has 0 atom stereocenters. The summed E-state index contributed by atoms with van der Waals surface area (Å²) in [5.74, 6) is -0.207. The highest BCUT2D eigenvalue weighted by Crippen LogP contribution is 2.38. The quantitative estimate of drug-likeness (QED) is 0.332. The Bertz CT molecular complexity index is 1690. The molecule has 178 valence electrons. The molecule has 0 saturated heterocycles. The van der Waals surface area contributed by atoms with E-state index in [1.54, 1.807) is 37.5 Å². The zero-order valence-corrected chi connectivity index (χ0v) is 21.2. The van der Waals surface area contributed by atoms with Crippen LogP contribution in [0.15, 0.2) is 59.1 Å². The normalized spacial score (nSPS) is 11.9. The minimum Gasteiger partial charge on any atom is -0.346 e. The lowest BCUT2D eigenvalue weighted by atomic mass is 9.93. The summed E-state index contributed by atoms with van der Waals surface area (Å²) < 4.78 is 25.2. The maximum Gasteiger partial charge on any atom is 0.251 e. The van der Waals surface area contributed by atoms with Gasteiger partial charge in [0, 0.05) is 34.1 Å². The number of rotatable bonds is 6. The first-order valence-electron chi connectivity index (χ1n) is 11.2. The van der Waals surface area contributed by atoms with Crippen molar-refractivity contribution in [3.8, 4) is 11.1 Å². The van der Waals surface area contributed by atoms with Gasteiger partial charge in [-0.05, 0) is 60.4 Å². The third-order valence-corrected chi connectivity index (χ3v) is 8.65. The predicted molar refractivity (Wildman–Crippen MR) is 140 cm³/mol. The van der Waals surface area contributed by atoms with Gasteiger partial charge in [-0.2, -0.15) is 0 Å². The Labute approximate surface area is 207 Å². The molecule has 0 spiro atoms. The number of benzene rings is 2. The summed E-state index contributed by atoms with van der Waals surface area (Å²) in [7, 11) is -3.39. The Morgan fingerprint density at radius 1 is 1.14 bits per heavy atom. The zero-order chi connectivity index (χ0) is 24.7. The van der Waals surface area contributed by atoms with Gasteiger partial charge in [-0.25, -0.2) is 18.4 Å². The molecule has 2 N–H and O–H groups in total. The van der Waals surface area contributed by atoms with Crippen LogP contribution in [0.25, 0.3) is 33.1 Å². The molecule has 1 amide bonds. The van der Waals surface area contributed by atoms with E-state index >= 15 is 0 Å². The summed E-state index contributed by atoms with van der Waals surface area (Å²) in [6.45, 7) is 5.85. The van der Waals surface area contributed by atoms with Crippen LogP contribution < -0.4 is 5.32 Å². The first kappa shape index (κ1) is 23.2. The molecule has 0 aliphatic rings. The Hall–Kier alpha value is -3.56. The van der Waals surface area contributed by atoms with Crippen molar-refractivity contribution in [3.63, 3.8) is 0 Å². The number of aryl methyl sites for hydroxylation is 2. The standard InChI is InChI=1S/C26H24N4O3S2/c1-4-35(32,33)18-7-5-6-17(11-18)20-12-19(26(31)29-14-22-27-8-9-34-22)16(3)24-23(20)21-10-15(2)13-28-25(21)30-24/h5-13H,4,14H2,1-3H3,(H,28,30)(H,29,31). The zero-order valence-electron chi connectivity index (χ0n) is 19.5. The number of carbonyl (C=O) groups is 1.